The minimum absolute atomic E-state index is 0.0157. The highest BCUT2D eigenvalue weighted by Crippen LogP contribution is 2.30. The Morgan fingerprint density at radius 1 is 1.19 bits per heavy atom. The van der Waals surface area contributed by atoms with E-state index in [1.807, 2.05) is 0 Å². The number of nitrogens with one attached hydrogen (secondary N) is 2. The van der Waals surface area contributed by atoms with Crippen molar-refractivity contribution in [2.45, 2.75) is 0 Å². The average molecular weight is 327 g/mol. The van der Waals surface area contributed by atoms with E-state index in [2.05, 4.69) is 10.3 Å². The summed E-state index contributed by atoms with van der Waals surface area (Å²) in [7, 11) is 0. The van der Waals surface area contributed by atoms with E-state index < -0.39 is 17.4 Å². The van der Waals surface area contributed by atoms with Crippen molar-refractivity contribution in [1.82, 2.24) is 4.98 Å². The van der Waals surface area contributed by atoms with Crippen LogP contribution in [-0.4, -0.2) is 22.0 Å². The summed E-state index contributed by atoms with van der Waals surface area (Å²) >= 11 is 11.6. The molecule has 0 radical (unpaired) electrons. The van der Waals surface area contributed by atoms with Gasteiger partial charge in [0.1, 0.15) is 0 Å². The minimum atomic E-state index is -1.29. The number of halogens is 2. The summed E-state index contributed by atoms with van der Waals surface area (Å²) in [6, 6.07) is 4.94. The summed E-state index contributed by atoms with van der Waals surface area (Å²) in [5, 5.41) is 11.6. The second kappa shape index (κ2) is 5.99. The molecule has 1 aromatic carbocycles. The molecule has 3 N–H and O–H groups in total. The fourth-order valence-corrected chi connectivity index (χ4v) is 2.18. The SMILES string of the molecule is O=C(Nc1c(Cl)cc(Cl)cc1C(=O)O)c1cc[nH]c(=O)c1. The Hall–Kier alpha value is -2.31. The zero-order valence-electron chi connectivity index (χ0n) is 10.3. The molecule has 6 nitrogen and oxygen atoms in total. The van der Waals surface area contributed by atoms with Gasteiger partial charge in [-0.25, -0.2) is 4.79 Å². The summed E-state index contributed by atoms with van der Waals surface area (Å²) in [4.78, 5) is 36.7. The number of pyridine rings is 1. The predicted molar refractivity (Wildman–Crippen MR) is 78.4 cm³/mol. The maximum Gasteiger partial charge on any atom is 0.337 e. The van der Waals surface area contributed by atoms with Crippen molar-refractivity contribution in [3.63, 3.8) is 0 Å². The number of amides is 1. The van der Waals surface area contributed by atoms with Crippen molar-refractivity contribution >= 4 is 40.8 Å². The van der Waals surface area contributed by atoms with E-state index in [1.165, 1.54) is 24.4 Å². The number of aromatic amines is 1. The Bertz CT molecular complexity index is 786. The standard InChI is InChI=1S/C13H8Cl2N2O4/c14-7-4-8(13(20)21)11(9(15)5-7)17-12(19)6-1-2-16-10(18)3-6/h1-5H,(H,16,18)(H,17,19)(H,20,21). The van der Waals surface area contributed by atoms with Crippen molar-refractivity contribution in [1.29, 1.82) is 0 Å². The summed E-state index contributed by atoms with van der Waals surface area (Å²) in [5.41, 5.74) is -0.714. The number of H-pyrrole nitrogens is 1. The lowest BCUT2D eigenvalue weighted by Crippen LogP contribution is -2.17. The summed E-state index contributed by atoms with van der Waals surface area (Å²) in [6.07, 6.45) is 1.30. The second-order valence-electron chi connectivity index (χ2n) is 4.01. The van der Waals surface area contributed by atoms with E-state index in [4.69, 9.17) is 28.3 Å². The van der Waals surface area contributed by atoms with Gasteiger partial charge in [0, 0.05) is 22.8 Å². The molecule has 0 unspecified atom stereocenters. The van der Waals surface area contributed by atoms with Crippen molar-refractivity contribution in [3.8, 4) is 0 Å². The third kappa shape index (κ3) is 3.42. The first-order valence-electron chi connectivity index (χ1n) is 5.61. The Labute approximate surface area is 128 Å². The number of carbonyl (C=O) groups excluding carboxylic acids is 1. The monoisotopic (exact) mass is 326 g/mol. The van der Waals surface area contributed by atoms with E-state index in [9.17, 15) is 14.4 Å². The highest BCUT2D eigenvalue weighted by Gasteiger charge is 2.18. The van der Waals surface area contributed by atoms with Crippen LogP contribution in [0.1, 0.15) is 20.7 Å². The number of carbonyl (C=O) groups is 2. The van der Waals surface area contributed by atoms with Gasteiger partial charge in [-0.2, -0.15) is 0 Å². The Balaban J connectivity index is 2.42. The highest BCUT2D eigenvalue weighted by atomic mass is 35.5. The van der Waals surface area contributed by atoms with Crippen LogP contribution in [0.2, 0.25) is 10.0 Å². The quantitative estimate of drug-likeness (QED) is 0.807. The van der Waals surface area contributed by atoms with E-state index in [0.717, 1.165) is 6.07 Å². The van der Waals surface area contributed by atoms with E-state index in [1.54, 1.807) is 0 Å². The fourth-order valence-electron chi connectivity index (χ4n) is 1.64. The second-order valence-corrected chi connectivity index (χ2v) is 4.85. The molecule has 1 heterocycles. The smallest absolute Gasteiger partial charge is 0.337 e. The van der Waals surface area contributed by atoms with Crippen LogP contribution in [0.25, 0.3) is 0 Å². The van der Waals surface area contributed by atoms with Gasteiger partial charge in [0.2, 0.25) is 5.56 Å². The lowest BCUT2D eigenvalue weighted by molar-refractivity contribution is 0.0698. The molecule has 0 aliphatic rings. The molecule has 0 fully saturated rings. The molecule has 2 aromatic rings. The van der Waals surface area contributed by atoms with Crippen molar-refractivity contribution in [2.24, 2.45) is 0 Å². The van der Waals surface area contributed by atoms with Gasteiger partial charge in [-0.1, -0.05) is 23.2 Å². The van der Waals surface area contributed by atoms with Gasteiger partial charge in [-0.15, -0.1) is 0 Å². The maximum atomic E-state index is 12.0. The minimum Gasteiger partial charge on any atom is -0.478 e. The number of rotatable bonds is 3. The van der Waals surface area contributed by atoms with Gasteiger partial charge in [0.15, 0.2) is 0 Å². The molecule has 108 valence electrons. The van der Waals surface area contributed by atoms with Crippen molar-refractivity contribution in [3.05, 3.63) is 62.0 Å². The average Bonchev–Trinajstić information content (AvgIpc) is 2.41. The molecule has 8 heteroatoms. The van der Waals surface area contributed by atoms with Crippen LogP contribution in [0.4, 0.5) is 5.69 Å². The zero-order chi connectivity index (χ0) is 15.6. The summed E-state index contributed by atoms with van der Waals surface area (Å²) in [5.74, 6) is -1.95. The summed E-state index contributed by atoms with van der Waals surface area (Å²) < 4.78 is 0. The predicted octanol–water partition coefficient (Wildman–Crippen LogP) is 2.63. The number of carboxylic acid groups (broad SMARTS) is 1. The van der Waals surface area contributed by atoms with Gasteiger partial charge in [-0.05, 0) is 18.2 Å². The Morgan fingerprint density at radius 2 is 1.90 bits per heavy atom. The van der Waals surface area contributed by atoms with Crippen LogP contribution < -0.4 is 10.9 Å². The number of aromatic carboxylic acids is 1. The Morgan fingerprint density at radius 3 is 2.52 bits per heavy atom. The molecule has 0 saturated carbocycles. The third-order valence-electron chi connectivity index (χ3n) is 2.56. The van der Waals surface area contributed by atoms with Gasteiger partial charge in [0.05, 0.1) is 16.3 Å². The molecule has 0 bridgehead atoms. The fraction of sp³-hybridized carbons (Fsp3) is 0. The number of benzene rings is 1. The molecular formula is C13H8Cl2N2O4. The number of hydrogen-bond donors (Lipinski definition) is 3. The largest absolute Gasteiger partial charge is 0.478 e. The van der Waals surface area contributed by atoms with Crippen LogP contribution >= 0.6 is 23.2 Å². The number of hydrogen-bond acceptors (Lipinski definition) is 3. The lowest BCUT2D eigenvalue weighted by Gasteiger charge is -2.11. The van der Waals surface area contributed by atoms with Gasteiger partial charge in [0.25, 0.3) is 5.91 Å². The molecule has 0 spiro atoms. The van der Waals surface area contributed by atoms with Crippen LogP contribution in [0.5, 0.6) is 0 Å². The number of anilines is 1. The highest BCUT2D eigenvalue weighted by molar-refractivity contribution is 6.38. The van der Waals surface area contributed by atoms with Crippen LogP contribution in [0.3, 0.4) is 0 Å². The number of aromatic nitrogens is 1. The molecule has 1 aromatic heterocycles. The zero-order valence-corrected chi connectivity index (χ0v) is 11.8. The molecular weight excluding hydrogens is 319 g/mol. The normalized spacial score (nSPS) is 10.2. The third-order valence-corrected chi connectivity index (χ3v) is 3.08. The molecule has 21 heavy (non-hydrogen) atoms. The Kier molecular flexibility index (Phi) is 4.30. The van der Waals surface area contributed by atoms with Crippen molar-refractivity contribution in [2.75, 3.05) is 5.32 Å². The van der Waals surface area contributed by atoms with Crippen LogP contribution in [0, 0.1) is 0 Å². The molecule has 0 aliphatic carbocycles. The molecule has 2 rings (SSSR count). The van der Waals surface area contributed by atoms with Crippen LogP contribution in [-0.2, 0) is 0 Å². The topological polar surface area (TPSA) is 99.3 Å². The van der Waals surface area contributed by atoms with Gasteiger partial charge in [-0.3, -0.25) is 9.59 Å². The molecule has 0 atom stereocenters. The molecule has 0 aliphatic heterocycles. The summed E-state index contributed by atoms with van der Waals surface area (Å²) in [6.45, 7) is 0. The van der Waals surface area contributed by atoms with Gasteiger partial charge < -0.3 is 15.4 Å². The van der Waals surface area contributed by atoms with Crippen molar-refractivity contribution < 1.29 is 14.7 Å². The van der Waals surface area contributed by atoms with E-state index in [-0.39, 0.29) is 26.9 Å². The first kappa shape index (κ1) is 15.1. The first-order chi connectivity index (χ1) is 9.88. The van der Waals surface area contributed by atoms with Crippen LogP contribution in [0.15, 0.2) is 35.3 Å². The lowest BCUT2D eigenvalue weighted by atomic mass is 10.1. The van der Waals surface area contributed by atoms with E-state index >= 15 is 0 Å². The van der Waals surface area contributed by atoms with Gasteiger partial charge >= 0.3 is 5.97 Å². The molecule has 0 saturated heterocycles. The molecule has 1 amide bonds. The first-order valence-corrected chi connectivity index (χ1v) is 6.36. The van der Waals surface area contributed by atoms with E-state index in [0.29, 0.717) is 0 Å². The number of carboxylic acids is 1. The maximum absolute atomic E-state index is 12.0.